The lowest BCUT2D eigenvalue weighted by atomic mass is 10.0. The summed E-state index contributed by atoms with van der Waals surface area (Å²) in [5.41, 5.74) is 9.20. The van der Waals surface area contributed by atoms with E-state index in [1.54, 1.807) is 11.3 Å². The zero-order chi connectivity index (χ0) is 37.5. The Bertz CT molecular complexity index is 3540. The molecule has 12 aromatic rings. The Morgan fingerprint density at radius 1 is 0.368 bits per heavy atom. The Hall–Kier alpha value is -7.55. The van der Waals surface area contributed by atoms with Crippen LogP contribution in [0.25, 0.3) is 121 Å². The van der Waals surface area contributed by atoms with Gasteiger partial charge in [-0.2, -0.15) is 0 Å². The van der Waals surface area contributed by atoms with Crippen molar-refractivity contribution in [1.29, 1.82) is 0 Å². The molecule has 0 aliphatic heterocycles. The van der Waals surface area contributed by atoms with Crippen LogP contribution >= 0.6 is 11.3 Å². The molecule has 0 radical (unpaired) electrons. The first-order valence-electron chi connectivity index (χ1n) is 18.7. The summed E-state index contributed by atoms with van der Waals surface area (Å²) in [6.45, 7) is 0. The fourth-order valence-electron chi connectivity index (χ4n) is 7.96. The van der Waals surface area contributed by atoms with Crippen LogP contribution in [0.5, 0.6) is 0 Å². The molecule has 7 nitrogen and oxygen atoms in total. The molecule has 57 heavy (non-hydrogen) atoms. The van der Waals surface area contributed by atoms with Crippen molar-refractivity contribution in [3.8, 4) is 56.8 Å². The highest BCUT2D eigenvalue weighted by Gasteiger charge is 2.22. The van der Waals surface area contributed by atoms with Gasteiger partial charge in [0.25, 0.3) is 0 Å². The average Bonchev–Trinajstić information content (AvgIpc) is 3.97. The molecule has 0 bridgehead atoms. The summed E-state index contributed by atoms with van der Waals surface area (Å²) in [5.74, 6) is 2.39. The minimum atomic E-state index is 0.578. The summed E-state index contributed by atoms with van der Waals surface area (Å²) in [6, 6.07) is 55.2. The standard InChI is InChI=1S/C49H27N5O2S/c1-3-13-28(14-4-1)43-45-44(32-18-8-10-22-37(32)56-45)51-48(50-43)34-20-12-24-40-42(34)35-27-30(25-26-39(35)57-40)47-52-46(29-15-5-2-6-16-29)53-49(54-47)33-19-11-23-38-41(33)31-17-7-9-21-36(31)55-38/h1-27H. The maximum atomic E-state index is 6.41. The summed E-state index contributed by atoms with van der Waals surface area (Å²) >= 11 is 1.75. The van der Waals surface area contributed by atoms with E-state index < -0.39 is 0 Å². The zero-order valence-electron chi connectivity index (χ0n) is 30.0. The molecular weight excluding hydrogens is 723 g/mol. The quantitative estimate of drug-likeness (QED) is 0.173. The van der Waals surface area contributed by atoms with Gasteiger partial charge < -0.3 is 8.83 Å². The lowest BCUT2D eigenvalue weighted by Crippen LogP contribution is -2.00. The van der Waals surface area contributed by atoms with E-state index in [0.717, 1.165) is 92.1 Å². The van der Waals surface area contributed by atoms with Gasteiger partial charge in [0.1, 0.15) is 28.0 Å². The molecule has 0 aliphatic rings. The molecule has 0 saturated carbocycles. The van der Waals surface area contributed by atoms with E-state index in [-0.39, 0.29) is 0 Å². The van der Waals surface area contributed by atoms with Crippen LogP contribution in [0, 0.1) is 0 Å². The molecule has 7 aromatic carbocycles. The zero-order valence-corrected chi connectivity index (χ0v) is 30.9. The number of thiophene rings is 1. The van der Waals surface area contributed by atoms with Gasteiger partial charge in [-0.1, -0.05) is 115 Å². The van der Waals surface area contributed by atoms with Crippen molar-refractivity contribution in [2.45, 2.75) is 0 Å². The smallest absolute Gasteiger partial charge is 0.180 e. The SMILES string of the molecule is c1ccc(-c2nc(-c3ccc4sc5cccc(-c6nc(-c7ccccc7)c7oc8ccccc8c7n6)c5c4c3)nc(-c3cccc4oc5ccccc5c34)n2)cc1. The summed E-state index contributed by atoms with van der Waals surface area (Å²) in [7, 11) is 0. The topological polar surface area (TPSA) is 90.7 Å². The molecule has 0 atom stereocenters. The molecular formula is C49H27N5O2S. The van der Waals surface area contributed by atoms with E-state index >= 15 is 0 Å². The van der Waals surface area contributed by atoms with E-state index in [0.29, 0.717) is 28.9 Å². The highest BCUT2D eigenvalue weighted by Crippen LogP contribution is 2.43. The van der Waals surface area contributed by atoms with Gasteiger partial charge >= 0.3 is 0 Å². The van der Waals surface area contributed by atoms with Gasteiger partial charge in [-0.3, -0.25) is 0 Å². The van der Waals surface area contributed by atoms with Gasteiger partial charge in [0.05, 0.1) is 0 Å². The van der Waals surface area contributed by atoms with Crippen LogP contribution in [0.1, 0.15) is 0 Å². The third kappa shape index (κ3) is 5.08. The second-order valence-electron chi connectivity index (χ2n) is 14.0. The average molecular weight is 750 g/mol. The van der Waals surface area contributed by atoms with Crippen molar-refractivity contribution >= 4 is 75.5 Å². The van der Waals surface area contributed by atoms with E-state index in [9.17, 15) is 0 Å². The summed E-state index contributed by atoms with van der Waals surface area (Å²) in [4.78, 5) is 25.9. The van der Waals surface area contributed by atoms with E-state index in [4.69, 9.17) is 33.8 Å². The first kappa shape index (κ1) is 31.8. The van der Waals surface area contributed by atoms with Crippen molar-refractivity contribution in [2.75, 3.05) is 0 Å². The molecule has 0 N–H and O–H groups in total. The minimum Gasteiger partial charge on any atom is -0.456 e. The molecule has 0 amide bonds. The molecule has 12 rings (SSSR count). The van der Waals surface area contributed by atoms with Crippen LogP contribution in [-0.2, 0) is 0 Å². The fraction of sp³-hybridized carbons (Fsp3) is 0. The number of benzene rings is 7. The van der Waals surface area contributed by atoms with E-state index in [1.807, 2.05) is 97.1 Å². The van der Waals surface area contributed by atoms with Crippen LogP contribution in [0.4, 0.5) is 0 Å². The monoisotopic (exact) mass is 749 g/mol. The highest BCUT2D eigenvalue weighted by molar-refractivity contribution is 7.26. The maximum absolute atomic E-state index is 6.41. The Kier molecular flexibility index (Phi) is 6.96. The first-order chi connectivity index (χ1) is 28.2. The minimum absolute atomic E-state index is 0.578. The fourth-order valence-corrected chi connectivity index (χ4v) is 9.07. The normalized spacial score (nSPS) is 11.9. The predicted molar refractivity (Wildman–Crippen MR) is 230 cm³/mol. The lowest BCUT2D eigenvalue weighted by Gasteiger charge is -2.10. The van der Waals surface area contributed by atoms with E-state index in [1.165, 1.54) is 0 Å². The molecule has 5 aromatic heterocycles. The van der Waals surface area contributed by atoms with Crippen molar-refractivity contribution in [3.63, 3.8) is 0 Å². The Labute approximate surface area is 328 Å². The van der Waals surface area contributed by atoms with Crippen molar-refractivity contribution < 1.29 is 8.83 Å². The van der Waals surface area contributed by atoms with Gasteiger partial charge in [0.15, 0.2) is 28.9 Å². The van der Waals surface area contributed by atoms with Crippen LogP contribution in [0.15, 0.2) is 173 Å². The molecule has 266 valence electrons. The summed E-state index contributed by atoms with van der Waals surface area (Å²) < 4.78 is 15.0. The van der Waals surface area contributed by atoms with Crippen LogP contribution in [-0.4, -0.2) is 24.9 Å². The number of nitrogens with zero attached hydrogens (tertiary/aromatic N) is 5. The lowest BCUT2D eigenvalue weighted by molar-refractivity contribution is 0.667. The van der Waals surface area contributed by atoms with Crippen molar-refractivity contribution in [1.82, 2.24) is 24.9 Å². The number of para-hydroxylation sites is 2. The largest absolute Gasteiger partial charge is 0.456 e. The molecule has 0 unspecified atom stereocenters. The highest BCUT2D eigenvalue weighted by atomic mass is 32.1. The number of hydrogen-bond acceptors (Lipinski definition) is 8. The first-order valence-corrected chi connectivity index (χ1v) is 19.5. The van der Waals surface area contributed by atoms with Gasteiger partial charge in [-0.05, 0) is 48.5 Å². The number of fused-ring (bicyclic) bond motifs is 9. The number of furan rings is 2. The summed E-state index contributed by atoms with van der Waals surface area (Å²) in [6.07, 6.45) is 0. The van der Waals surface area contributed by atoms with Gasteiger partial charge in [0.2, 0.25) is 0 Å². The Morgan fingerprint density at radius 3 is 1.79 bits per heavy atom. The van der Waals surface area contributed by atoms with Crippen LogP contribution in [0.2, 0.25) is 0 Å². The summed E-state index contributed by atoms with van der Waals surface area (Å²) in [5, 5.41) is 5.11. The van der Waals surface area contributed by atoms with Gasteiger partial charge in [-0.25, -0.2) is 24.9 Å². The third-order valence-corrected chi connectivity index (χ3v) is 11.7. The molecule has 0 spiro atoms. The number of hydrogen-bond donors (Lipinski definition) is 0. The second-order valence-corrected chi connectivity index (χ2v) is 15.1. The Morgan fingerprint density at radius 2 is 0.982 bits per heavy atom. The maximum Gasteiger partial charge on any atom is 0.180 e. The number of aromatic nitrogens is 5. The van der Waals surface area contributed by atoms with Crippen molar-refractivity contribution in [2.24, 2.45) is 0 Å². The van der Waals surface area contributed by atoms with E-state index in [2.05, 4.69) is 66.7 Å². The predicted octanol–water partition coefficient (Wildman–Crippen LogP) is 13.2. The van der Waals surface area contributed by atoms with Crippen molar-refractivity contribution in [3.05, 3.63) is 164 Å². The molecule has 0 aliphatic carbocycles. The Balaban J connectivity index is 1.09. The molecule has 5 heterocycles. The molecule has 0 fully saturated rings. The molecule has 8 heteroatoms. The van der Waals surface area contributed by atoms with Gasteiger partial charge in [0, 0.05) is 64.1 Å². The molecule has 0 saturated heterocycles. The number of rotatable bonds is 5. The van der Waals surface area contributed by atoms with Crippen LogP contribution < -0.4 is 0 Å². The third-order valence-electron chi connectivity index (χ3n) is 10.6. The van der Waals surface area contributed by atoms with Crippen LogP contribution in [0.3, 0.4) is 0 Å². The van der Waals surface area contributed by atoms with Gasteiger partial charge in [-0.15, -0.1) is 11.3 Å². The second kappa shape index (κ2) is 12.5.